The van der Waals surface area contributed by atoms with E-state index in [2.05, 4.69) is 10.3 Å². The van der Waals surface area contributed by atoms with Gasteiger partial charge >= 0.3 is 0 Å². The molecule has 0 radical (unpaired) electrons. The Morgan fingerprint density at radius 3 is 2.66 bits per heavy atom. The topological polar surface area (TPSA) is 51.2 Å². The van der Waals surface area contributed by atoms with Gasteiger partial charge in [-0.2, -0.15) is 0 Å². The van der Waals surface area contributed by atoms with E-state index in [4.69, 9.17) is 4.74 Å². The van der Waals surface area contributed by atoms with E-state index in [1.54, 1.807) is 6.20 Å². The number of rotatable bonds is 6. The number of amides is 1. The van der Waals surface area contributed by atoms with Crippen molar-refractivity contribution in [3.05, 3.63) is 95.3 Å². The first-order valence-corrected chi connectivity index (χ1v) is 9.05. The summed E-state index contributed by atoms with van der Waals surface area (Å²) in [6.07, 6.45) is 4.17. The van der Waals surface area contributed by atoms with Crippen molar-refractivity contribution in [2.45, 2.75) is 19.9 Å². The van der Waals surface area contributed by atoms with Crippen LogP contribution in [0.1, 0.15) is 29.8 Å². The average Bonchev–Trinajstić information content (AvgIpc) is 2.69. The second-order valence-corrected chi connectivity index (χ2v) is 6.54. The SMILES string of the molecule is Cc1ccc(Oc2cccc(C(C)NC(=O)C=Cc3ccc(F)cc3F)c2)cn1. The quantitative estimate of drug-likeness (QED) is 0.573. The molecule has 148 valence electrons. The maximum Gasteiger partial charge on any atom is 0.244 e. The summed E-state index contributed by atoms with van der Waals surface area (Å²) in [5.41, 5.74) is 1.88. The third kappa shape index (κ3) is 5.72. The zero-order chi connectivity index (χ0) is 20.8. The molecule has 1 N–H and O–H groups in total. The van der Waals surface area contributed by atoms with E-state index >= 15 is 0 Å². The molecule has 6 heteroatoms. The van der Waals surface area contributed by atoms with Crippen LogP contribution < -0.4 is 10.1 Å². The Kier molecular flexibility index (Phi) is 6.34. The van der Waals surface area contributed by atoms with E-state index in [1.807, 2.05) is 50.2 Å². The van der Waals surface area contributed by atoms with E-state index in [0.717, 1.165) is 23.4 Å². The fourth-order valence-electron chi connectivity index (χ4n) is 2.65. The number of aromatic nitrogens is 1. The summed E-state index contributed by atoms with van der Waals surface area (Å²) in [6, 6.07) is 13.9. The molecule has 0 saturated carbocycles. The monoisotopic (exact) mass is 394 g/mol. The summed E-state index contributed by atoms with van der Waals surface area (Å²) >= 11 is 0. The van der Waals surface area contributed by atoms with Crippen molar-refractivity contribution in [3.8, 4) is 11.5 Å². The summed E-state index contributed by atoms with van der Waals surface area (Å²) in [4.78, 5) is 16.3. The Morgan fingerprint density at radius 1 is 1.10 bits per heavy atom. The van der Waals surface area contributed by atoms with Crippen molar-refractivity contribution in [1.82, 2.24) is 10.3 Å². The fourth-order valence-corrected chi connectivity index (χ4v) is 2.65. The van der Waals surface area contributed by atoms with Crippen LogP contribution in [0.3, 0.4) is 0 Å². The molecule has 1 atom stereocenters. The molecule has 1 amide bonds. The molecule has 1 unspecified atom stereocenters. The molecule has 0 spiro atoms. The minimum Gasteiger partial charge on any atom is -0.456 e. The van der Waals surface area contributed by atoms with Gasteiger partial charge in [0.05, 0.1) is 12.2 Å². The van der Waals surface area contributed by atoms with Crippen LogP contribution in [0.5, 0.6) is 11.5 Å². The number of benzene rings is 2. The number of halogens is 2. The lowest BCUT2D eigenvalue weighted by molar-refractivity contribution is -0.117. The maximum absolute atomic E-state index is 13.6. The molecule has 3 rings (SSSR count). The molecule has 1 aromatic heterocycles. The minimum atomic E-state index is -0.724. The van der Waals surface area contributed by atoms with E-state index < -0.39 is 17.5 Å². The third-order valence-corrected chi connectivity index (χ3v) is 4.21. The van der Waals surface area contributed by atoms with Crippen molar-refractivity contribution in [2.24, 2.45) is 0 Å². The number of nitrogens with zero attached hydrogens (tertiary/aromatic N) is 1. The molecule has 0 aliphatic rings. The second kappa shape index (κ2) is 9.10. The van der Waals surface area contributed by atoms with Crippen LogP contribution in [0.4, 0.5) is 8.78 Å². The Hall–Kier alpha value is -3.54. The number of aryl methyl sites for hydroxylation is 1. The molecule has 2 aromatic carbocycles. The molecule has 1 heterocycles. The van der Waals surface area contributed by atoms with Crippen LogP contribution in [0, 0.1) is 18.6 Å². The number of carbonyl (C=O) groups is 1. The lowest BCUT2D eigenvalue weighted by Gasteiger charge is -2.14. The van der Waals surface area contributed by atoms with Crippen molar-refractivity contribution in [3.63, 3.8) is 0 Å². The number of hydrogen-bond acceptors (Lipinski definition) is 3. The van der Waals surface area contributed by atoms with Crippen molar-refractivity contribution >= 4 is 12.0 Å². The predicted molar refractivity (Wildman–Crippen MR) is 107 cm³/mol. The van der Waals surface area contributed by atoms with Crippen LogP contribution in [0.2, 0.25) is 0 Å². The molecule has 0 aliphatic carbocycles. The first kappa shape index (κ1) is 20.2. The molecular formula is C23H20F2N2O2. The van der Waals surface area contributed by atoms with Gasteiger partial charge in [-0.05, 0) is 61.9 Å². The summed E-state index contributed by atoms with van der Waals surface area (Å²) in [6.45, 7) is 3.73. The molecule has 4 nitrogen and oxygen atoms in total. The number of ether oxygens (including phenoxy) is 1. The zero-order valence-corrected chi connectivity index (χ0v) is 16.0. The third-order valence-electron chi connectivity index (χ3n) is 4.21. The summed E-state index contributed by atoms with van der Waals surface area (Å²) in [5.74, 6) is -0.541. The Bertz CT molecular complexity index is 1030. The highest BCUT2D eigenvalue weighted by Gasteiger charge is 2.09. The standard InChI is InChI=1S/C23H20F2N2O2/c1-15-6-10-21(14-26-15)29-20-5-3-4-18(12-20)16(2)27-23(28)11-8-17-7-9-19(24)13-22(17)25/h3-14,16H,1-2H3,(H,27,28). The Labute approximate surface area is 167 Å². The highest BCUT2D eigenvalue weighted by Crippen LogP contribution is 2.24. The molecule has 0 aliphatic heterocycles. The zero-order valence-electron chi connectivity index (χ0n) is 16.0. The van der Waals surface area contributed by atoms with Gasteiger partial charge in [0.1, 0.15) is 23.1 Å². The molecule has 0 saturated heterocycles. The highest BCUT2D eigenvalue weighted by molar-refractivity contribution is 5.92. The molecule has 0 bridgehead atoms. The smallest absolute Gasteiger partial charge is 0.244 e. The molecular weight excluding hydrogens is 374 g/mol. The van der Waals surface area contributed by atoms with Crippen LogP contribution in [-0.2, 0) is 4.79 Å². The van der Waals surface area contributed by atoms with Crippen molar-refractivity contribution < 1.29 is 18.3 Å². The van der Waals surface area contributed by atoms with Gasteiger partial charge in [-0.3, -0.25) is 9.78 Å². The van der Waals surface area contributed by atoms with Gasteiger partial charge < -0.3 is 10.1 Å². The van der Waals surface area contributed by atoms with Gasteiger partial charge in [0.2, 0.25) is 5.91 Å². The summed E-state index contributed by atoms with van der Waals surface area (Å²) < 4.78 is 32.4. The molecule has 0 fully saturated rings. The van der Waals surface area contributed by atoms with Crippen LogP contribution in [0.15, 0.2) is 66.9 Å². The second-order valence-electron chi connectivity index (χ2n) is 6.54. The minimum absolute atomic E-state index is 0.135. The lowest BCUT2D eigenvalue weighted by Crippen LogP contribution is -2.24. The lowest BCUT2D eigenvalue weighted by atomic mass is 10.1. The highest BCUT2D eigenvalue weighted by atomic mass is 19.1. The van der Waals surface area contributed by atoms with Crippen molar-refractivity contribution in [1.29, 1.82) is 0 Å². The van der Waals surface area contributed by atoms with Gasteiger partial charge in [0.25, 0.3) is 0 Å². The van der Waals surface area contributed by atoms with Gasteiger partial charge in [-0.25, -0.2) is 8.78 Å². The first-order chi connectivity index (χ1) is 13.9. The number of pyridine rings is 1. The Morgan fingerprint density at radius 2 is 1.93 bits per heavy atom. The number of nitrogens with one attached hydrogen (secondary N) is 1. The number of hydrogen-bond donors (Lipinski definition) is 1. The summed E-state index contributed by atoms with van der Waals surface area (Å²) in [5, 5.41) is 2.81. The maximum atomic E-state index is 13.6. The fraction of sp³-hybridized carbons (Fsp3) is 0.130. The first-order valence-electron chi connectivity index (χ1n) is 9.05. The van der Waals surface area contributed by atoms with Gasteiger partial charge in [-0.1, -0.05) is 12.1 Å². The van der Waals surface area contributed by atoms with Crippen LogP contribution >= 0.6 is 0 Å². The number of carbonyl (C=O) groups excluding carboxylic acids is 1. The largest absolute Gasteiger partial charge is 0.456 e. The van der Waals surface area contributed by atoms with Crippen LogP contribution in [-0.4, -0.2) is 10.9 Å². The normalized spacial score (nSPS) is 12.0. The van der Waals surface area contributed by atoms with Crippen molar-refractivity contribution in [2.75, 3.05) is 0 Å². The van der Waals surface area contributed by atoms with E-state index in [9.17, 15) is 13.6 Å². The average molecular weight is 394 g/mol. The molecule has 29 heavy (non-hydrogen) atoms. The summed E-state index contributed by atoms with van der Waals surface area (Å²) in [7, 11) is 0. The van der Waals surface area contributed by atoms with E-state index in [1.165, 1.54) is 18.2 Å². The van der Waals surface area contributed by atoms with Gasteiger partial charge in [0, 0.05) is 23.4 Å². The predicted octanol–water partition coefficient (Wildman–Crippen LogP) is 5.35. The van der Waals surface area contributed by atoms with E-state index in [0.29, 0.717) is 11.5 Å². The molecule has 3 aromatic rings. The van der Waals surface area contributed by atoms with E-state index in [-0.39, 0.29) is 11.6 Å². The Balaban J connectivity index is 1.63. The van der Waals surface area contributed by atoms with Gasteiger partial charge in [0.15, 0.2) is 0 Å². The van der Waals surface area contributed by atoms with Gasteiger partial charge in [-0.15, -0.1) is 0 Å². The van der Waals surface area contributed by atoms with Crippen LogP contribution in [0.25, 0.3) is 6.08 Å².